The number of morpholine rings is 1. The Morgan fingerprint density at radius 1 is 1.09 bits per heavy atom. The predicted octanol–water partition coefficient (Wildman–Crippen LogP) is 5.10. The van der Waals surface area contributed by atoms with Crippen LogP contribution < -0.4 is 4.90 Å². The van der Waals surface area contributed by atoms with Gasteiger partial charge in [-0.05, 0) is 42.3 Å². The van der Waals surface area contributed by atoms with Gasteiger partial charge >= 0.3 is 0 Å². The van der Waals surface area contributed by atoms with Gasteiger partial charge < -0.3 is 19.5 Å². The van der Waals surface area contributed by atoms with Gasteiger partial charge in [-0.1, -0.05) is 29.8 Å². The summed E-state index contributed by atoms with van der Waals surface area (Å²) in [5.74, 6) is 0.592. The summed E-state index contributed by atoms with van der Waals surface area (Å²) < 4.78 is 10.7. The third-order valence-electron chi connectivity index (χ3n) is 6.36. The lowest BCUT2D eigenvalue weighted by Gasteiger charge is -2.29. The predicted molar refractivity (Wildman–Crippen MR) is 139 cm³/mol. The van der Waals surface area contributed by atoms with Gasteiger partial charge in [-0.25, -0.2) is 15.0 Å². The van der Waals surface area contributed by atoms with E-state index >= 15 is 0 Å². The van der Waals surface area contributed by atoms with E-state index in [1.807, 2.05) is 30.4 Å². The number of anilines is 1. The number of rotatable bonds is 4. The van der Waals surface area contributed by atoms with Gasteiger partial charge in [0.1, 0.15) is 12.4 Å². The topological polar surface area (TPSA) is 80.1 Å². The largest absolute Gasteiger partial charge is 0.484 e. The molecule has 0 saturated carbocycles. The summed E-state index contributed by atoms with van der Waals surface area (Å²) in [6, 6.07) is 11.9. The summed E-state index contributed by atoms with van der Waals surface area (Å²) >= 11 is 6.55. The fourth-order valence-corrected chi connectivity index (χ4v) is 4.65. The number of benzene rings is 2. The lowest BCUT2D eigenvalue weighted by Crippen LogP contribution is -2.36. The normalized spacial score (nSPS) is 19.8. The van der Waals surface area contributed by atoms with Gasteiger partial charge in [-0.15, -0.1) is 0 Å². The van der Waals surface area contributed by atoms with E-state index in [9.17, 15) is 5.11 Å². The van der Waals surface area contributed by atoms with Crippen molar-refractivity contribution in [3.8, 4) is 11.3 Å². The molecule has 7 nitrogen and oxygen atoms in total. The second-order valence-electron chi connectivity index (χ2n) is 8.46. The number of halogens is 1. The number of allylic oxidation sites excluding steroid dienone is 1. The van der Waals surface area contributed by atoms with Gasteiger partial charge in [0.2, 0.25) is 0 Å². The molecule has 5 rings (SSSR count). The van der Waals surface area contributed by atoms with E-state index in [4.69, 9.17) is 21.1 Å². The van der Waals surface area contributed by atoms with Crippen LogP contribution in [0.2, 0.25) is 5.02 Å². The number of fused-ring (bicyclic) bond motifs is 1. The van der Waals surface area contributed by atoms with Crippen molar-refractivity contribution in [3.05, 3.63) is 77.2 Å². The van der Waals surface area contributed by atoms with E-state index in [1.54, 1.807) is 19.6 Å². The Balaban J connectivity index is 1.49. The van der Waals surface area contributed by atoms with Crippen LogP contribution in [0.3, 0.4) is 0 Å². The molecule has 3 heterocycles. The molecule has 35 heavy (non-hydrogen) atoms. The van der Waals surface area contributed by atoms with Crippen LogP contribution >= 0.6 is 11.6 Å². The van der Waals surface area contributed by atoms with Crippen molar-refractivity contribution < 1.29 is 14.6 Å². The van der Waals surface area contributed by atoms with Gasteiger partial charge in [0.25, 0.3) is 0 Å². The molecular formula is C27H27ClN4O3. The number of methoxy groups -OCH3 is 1. The first-order valence-electron chi connectivity index (χ1n) is 11.6. The fourth-order valence-electron chi connectivity index (χ4n) is 4.43. The van der Waals surface area contributed by atoms with Crippen molar-refractivity contribution in [2.45, 2.75) is 18.9 Å². The van der Waals surface area contributed by atoms with E-state index < -0.39 is 6.10 Å². The summed E-state index contributed by atoms with van der Waals surface area (Å²) in [7, 11) is 1.59. The van der Waals surface area contributed by atoms with Gasteiger partial charge in [-0.2, -0.15) is 0 Å². The SMILES string of the molecule is COC1=N/C=C/C/C(C(O)c2cc(-c3ncnc4cc(N5CCOCC5)ccc34)ccc2Cl)=C\C1. The molecule has 0 aliphatic carbocycles. The quantitative estimate of drug-likeness (QED) is 0.512. The maximum absolute atomic E-state index is 11.3. The molecule has 0 spiro atoms. The Morgan fingerprint density at radius 2 is 1.94 bits per heavy atom. The summed E-state index contributed by atoms with van der Waals surface area (Å²) in [5.41, 5.74) is 5.14. The molecule has 0 bridgehead atoms. The van der Waals surface area contributed by atoms with Crippen LogP contribution in [0.4, 0.5) is 5.69 Å². The zero-order chi connectivity index (χ0) is 24.2. The summed E-state index contributed by atoms with van der Waals surface area (Å²) in [5, 5.41) is 12.7. The molecule has 1 unspecified atom stereocenters. The second kappa shape index (κ2) is 10.6. The van der Waals surface area contributed by atoms with Crippen molar-refractivity contribution in [3.63, 3.8) is 0 Å². The summed E-state index contributed by atoms with van der Waals surface area (Å²) in [6.45, 7) is 3.19. The van der Waals surface area contributed by atoms with Crippen LogP contribution in [0.5, 0.6) is 0 Å². The Morgan fingerprint density at radius 3 is 2.77 bits per heavy atom. The summed E-state index contributed by atoms with van der Waals surface area (Å²) in [6.07, 6.45) is 7.36. The van der Waals surface area contributed by atoms with E-state index in [0.29, 0.717) is 29.3 Å². The van der Waals surface area contributed by atoms with Gasteiger partial charge in [0, 0.05) is 52.9 Å². The van der Waals surface area contributed by atoms with E-state index in [-0.39, 0.29) is 0 Å². The number of aliphatic hydroxyl groups is 1. The number of aromatic nitrogens is 2. The smallest absolute Gasteiger partial charge is 0.191 e. The van der Waals surface area contributed by atoms with Gasteiger partial charge in [0.05, 0.1) is 31.5 Å². The van der Waals surface area contributed by atoms with E-state index in [0.717, 1.165) is 59.7 Å². The highest BCUT2D eigenvalue weighted by Gasteiger charge is 2.19. The molecule has 2 aliphatic rings. The Labute approximate surface area is 209 Å². The summed E-state index contributed by atoms with van der Waals surface area (Å²) in [4.78, 5) is 15.7. The number of aliphatic imine (C=N–C) groups is 1. The minimum atomic E-state index is -0.857. The Kier molecular flexibility index (Phi) is 7.08. The second-order valence-corrected chi connectivity index (χ2v) is 8.87. The number of aliphatic hydroxyl groups excluding tert-OH is 1. The number of ether oxygens (including phenoxy) is 2. The Hall–Kier alpha value is -3.26. The molecule has 0 amide bonds. The zero-order valence-electron chi connectivity index (χ0n) is 19.5. The standard InChI is InChI=1S/C27H27ClN4O3/c1-34-25-9-5-18(3-2-10-29-25)27(33)22-15-19(4-8-23(22)28)26-21-7-6-20(16-24(21)30-17-31-26)32-11-13-35-14-12-32/h2,4-8,10,15-17,27,33H,3,9,11-14H2,1H3/b10-2+,18-5+,29-25?. The van der Waals surface area contributed by atoms with Crippen molar-refractivity contribution >= 4 is 34.1 Å². The van der Waals surface area contributed by atoms with Crippen molar-refractivity contribution in [1.82, 2.24) is 9.97 Å². The molecule has 1 atom stereocenters. The third kappa shape index (κ3) is 5.07. The molecule has 2 aliphatic heterocycles. The highest BCUT2D eigenvalue weighted by molar-refractivity contribution is 6.31. The minimum absolute atomic E-state index is 0.502. The van der Waals surface area contributed by atoms with Crippen LogP contribution in [0, 0.1) is 0 Å². The van der Waals surface area contributed by atoms with E-state index in [2.05, 4.69) is 38.1 Å². The fraction of sp³-hybridized carbons (Fsp3) is 0.296. The van der Waals surface area contributed by atoms with Gasteiger partial charge in [0.15, 0.2) is 5.90 Å². The van der Waals surface area contributed by atoms with Crippen molar-refractivity contribution in [2.24, 2.45) is 4.99 Å². The van der Waals surface area contributed by atoms with Gasteiger partial charge in [-0.3, -0.25) is 0 Å². The first-order chi connectivity index (χ1) is 17.1. The van der Waals surface area contributed by atoms with Crippen molar-refractivity contribution in [2.75, 3.05) is 38.3 Å². The highest BCUT2D eigenvalue weighted by Crippen LogP contribution is 2.36. The highest BCUT2D eigenvalue weighted by atomic mass is 35.5. The number of hydrogen-bond donors (Lipinski definition) is 1. The lowest BCUT2D eigenvalue weighted by atomic mass is 9.94. The van der Waals surface area contributed by atoms with E-state index in [1.165, 1.54) is 0 Å². The molecule has 0 radical (unpaired) electrons. The Bertz CT molecular complexity index is 1320. The average Bonchev–Trinajstić information content (AvgIpc) is 2.89. The van der Waals surface area contributed by atoms with Crippen LogP contribution in [-0.4, -0.2) is 54.4 Å². The van der Waals surface area contributed by atoms with Crippen LogP contribution in [0.25, 0.3) is 22.2 Å². The van der Waals surface area contributed by atoms with Crippen LogP contribution in [0.15, 0.2) is 71.6 Å². The third-order valence-corrected chi connectivity index (χ3v) is 6.71. The molecule has 1 fully saturated rings. The van der Waals surface area contributed by atoms with Crippen molar-refractivity contribution in [1.29, 1.82) is 0 Å². The number of nitrogens with zero attached hydrogens (tertiary/aromatic N) is 4. The minimum Gasteiger partial charge on any atom is -0.484 e. The monoisotopic (exact) mass is 490 g/mol. The molecule has 8 heteroatoms. The first-order valence-corrected chi connectivity index (χ1v) is 12.0. The molecule has 180 valence electrons. The first kappa shape index (κ1) is 23.5. The maximum Gasteiger partial charge on any atom is 0.191 e. The van der Waals surface area contributed by atoms with Crippen LogP contribution in [-0.2, 0) is 9.47 Å². The lowest BCUT2D eigenvalue weighted by molar-refractivity contribution is 0.122. The maximum atomic E-state index is 11.3. The molecule has 1 N–H and O–H groups in total. The molecular weight excluding hydrogens is 464 g/mol. The molecule has 3 aromatic rings. The number of hydrogen-bond acceptors (Lipinski definition) is 7. The average molecular weight is 491 g/mol. The molecule has 1 saturated heterocycles. The molecule has 1 aromatic heterocycles. The zero-order valence-corrected chi connectivity index (χ0v) is 20.3. The van der Waals surface area contributed by atoms with Crippen LogP contribution in [0.1, 0.15) is 24.5 Å². The molecule has 2 aromatic carbocycles.